The lowest BCUT2D eigenvalue weighted by atomic mass is 10.1. The summed E-state index contributed by atoms with van der Waals surface area (Å²) in [5.74, 6) is 0. The molecule has 156 valence electrons. The molecule has 1 aromatic rings. The summed E-state index contributed by atoms with van der Waals surface area (Å²) in [5, 5.41) is 13.2. The van der Waals surface area contributed by atoms with Gasteiger partial charge in [0.25, 0.3) is 5.08 Å². The van der Waals surface area contributed by atoms with Gasteiger partial charge in [0.05, 0.1) is 0 Å². The lowest BCUT2D eigenvalue weighted by Crippen LogP contribution is -2.26. The number of benzene rings is 1. The van der Waals surface area contributed by atoms with Gasteiger partial charge in [0.2, 0.25) is 0 Å². The van der Waals surface area contributed by atoms with E-state index in [4.69, 9.17) is 43.7 Å². The summed E-state index contributed by atoms with van der Waals surface area (Å²) < 4.78 is 42.5. The average molecular weight is 473 g/mol. The van der Waals surface area contributed by atoms with Gasteiger partial charge in [0.1, 0.15) is 0 Å². The topological polar surface area (TPSA) is 271 Å². The predicted molar refractivity (Wildman–Crippen MR) is 88.1 cm³/mol. The van der Waals surface area contributed by atoms with Gasteiger partial charge in [-0.2, -0.15) is 0 Å². The molecule has 0 heterocycles. The van der Waals surface area contributed by atoms with Crippen LogP contribution in [0, 0.1) is 0 Å². The molecule has 0 amide bonds. The lowest BCUT2D eigenvalue weighted by Gasteiger charge is -2.30. The maximum Gasteiger partial charge on any atom is 0.692 e. The van der Waals surface area contributed by atoms with Crippen LogP contribution in [-0.4, -0.2) is 49.4 Å². The van der Waals surface area contributed by atoms with E-state index in [1.54, 1.807) is 0 Å². The van der Waals surface area contributed by atoms with Gasteiger partial charge in [-0.05, 0) is 12.5 Å². The first-order chi connectivity index (χ1) is 11.7. The Labute approximate surface area is 152 Å². The molecule has 0 saturated carbocycles. The normalized spacial score (nSPS) is 15.4. The van der Waals surface area contributed by atoms with Gasteiger partial charge >= 0.3 is 31.0 Å². The highest BCUT2D eigenvalue weighted by atomic mass is 31.2. The zero-order valence-corrected chi connectivity index (χ0v) is 16.8. The van der Waals surface area contributed by atoms with Crippen LogP contribution in [0.5, 0.6) is 0 Å². The molecule has 0 bridgehead atoms. The first-order valence-corrected chi connectivity index (χ1v) is 12.3. The first kappa shape index (κ1) is 26.6. The molecule has 0 fully saturated rings. The summed E-state index contributed by atoms with van der Waals surface area (Å²) >= 11 is 0. The van der Waals surface area contributed by atoms with E-state index in [-0.39, 0.29) is 0 Å². The van der Waals surface area contributed by atoms with Crippen LogP contribution in [0.3, 0.4) is 0 Å². The van der Waals surface area contributed by atoms with E-state index in [0.717, 1.165) is 19.1 Å². The van der Waals surface area contributed by atoms with Crippen molar-refractivity contribution in [3.8, 4) is 0 Å². The van der Waals surface area contributed by atoms with Gasteiger partial charge < -0.3 is 39.6 Å². The monoisotopic (exact) mass is 473 g/mol. The zero-order chi connectivity index (χ0) is 22.1. The van der Waals surface area contributed by atoms with Crippen molar-refractivity contribution in [1.29, 1.82) is 0 Å². The number of rotatable bonds is 5. The minimum Gasteiger partial charge on any atom is -0.373 e. The molecule has 27 heavy (non-hydrogen) atoms. The van der Waals surface area contributed by atoms with Crippen molar-refractivity contribution < 1.29 is 67.6 Å². The highest BCUT2D eigenvalue weighted by molar-refractivity contribution is 7.71. The van der Waals surface area contributed by atoms with Crippen LogP contribution >= 0.6 is 31.0 Å². The van der Waals surface area contributed by atoms with Crippen molar-refractivity contribution in [2.45, 2.75) is 17.3 Å². The predicted octanol–water partition coefficient (Wildman–Crippen LogP) is -0.884. The second kappa shape index (κ2) is 8.54. The summed E-state index contributed by atoms with van der Waals surface area (Å²) in [6, 6.07) is 2.81. The van der Waals surface area contributed by atoms with Crippen LogP contribution in [0.15, 0.2) is 24.3 Å². The molecule has 14 nitrogen and oxygen atoms in total. The number of hydrogen-bond acceptors (Lipinski definition) is 6. The molecule has 0 aromatic heterocycles. The molecule has 1 rings (SSSR count). The highest BCUT2D eigenvalue weighted by Crippen LogP contribution is 2.72. The summed E-state index contributed by atoms with van der Waals surface area (Å²) in [7, 11) is -19.4. The Morgan fingerprint density at radius 1 is 0.741 bits per heavy atom. The second-order valence-electron chi connectivity index (χ2n) is 5.12. The zero-order valence-electron chi connectivity index (χ0n) is 13.2. The maximum absolute atomic E-state index is 11.3. The fraction of sp³-hybridized carbons (Fsp3) is 0.333. The minimum absolute atomic E-state index is 0.395. The Bertz CT molecular complexity index is 787. The molecule has 1 atom stereocenters. The Morgan fingerprint density at radius 2 is 1.00 bits per heavy atom. The summed E-state index contributed by atoms with van der Waals surface area (Å²) in [4.78, 5) is 68.7. The second-order valence-corrected chi connectivity index (χ2v) is 11.4. The third kappa shape index (κ3) is 6.04. The van der Waals surface area contributed by atoms with Gasteiger partial charge in [-0.15, -0.1) is 9.79 Å². The van der Waals surface area contributed by atoms with Crippen molar-refractivity contribution in [3.05, 3.63) is 35.4 Å². The molecular weight excluding hydrogens is 456 g/mol. The van der Waals surface area contributed by atoms with Crippen LogP contribution in [0.25, 0.3) is 0 Å². The van der Waals surface area contributed by atoms with Crippen LogP contribution in [-0.2, 0) is 28.7 Å². The van der Waals surface area contributed by atoms with Crippen LogP contribution in [0.2, 0.25) is 0 Å². The number of aliphatic hydroxyl groups is 2. The van der Waals surface area contributed by atoms with Crippen molar-refractivity contribution >= 4 is 31.0 Å². The fourth-order valence-corrected chi connectivity index (χ4v) is 4.50. The molecule has 0 radical (unpaired) electrons. The first-order valence-electron chi connectivity index (χ1n) is 6.27. The van der Waals surface area contributed by atoms with E-state index >= 15 is 0 Å². The van der Waals surface area contributed by atoms with Crippen molar-refractivity contribution in [1.82, 2.24) is 0 Å². The van der Waals surface area contributed by atoms with E-state index < -0.39 is 52.6 Å². The van der Waals surface area contributed by atoms with Gasteiger partial charge in [-0.3, -0.25) is 13.7 Å². The number of hydrogen-bond donors (Lipinski definition) is 10. The van der Waals surface area contributed by atoms with Gasteiger partial charge in [-0.1, -0.05) is 24.3 Å². The van der Waals surface area contributed by atoms with E-state index in [9.17, 15) is 23.9 Å². The summed E-state index contributed by atoms with van der Waals surface area (Å²) in [5.41, 5.74) is -1.28. The van der Waals surface area contributed by atoms with Crippen LogP contribution in [0.1, 0.15) is 18.1 Å². The molecule has 0 saturated heterocycles. The average Bonchev–Trinajstić information content (AvgIpc) is 2.42. The molecule has 10 N–H and O–H groups in total. The van der Waals surface area contributed by atoms with Crippen molar-refractivity contribution in [3.63, 3.8) is 0 Å². The molecule has 0 aliphatic carbocycles. The van der Waals surface area contributed by atoms with Crippen LogP contribution < -0.4 is 0 Å². The molecule has 0 aliphatic rings. The van der Waals surface area contributed by atoms with Crippen molar-refractivity contribution in [2.75, 3.05) is 0 Å². The van der Waals surface area contributed by atoms with E-state index in [0.29, 0.717) is 12.1 Å². The Morgan fingerprint density at radius 3 is 1.22 bits per heavy atom. The van der Waals surface area contributed by atoms with Gasteiger partial charge in [0.15, 0.2) is 5.34 Å². The highest BCUT2D eigenvalue weighted by Gasteiger charge is 2.60. The standard InChI is InChI=1S/C9H15O11P3.HO3P/c1-8(10,21(12,13)14)6-2-4-7(5-3-6)9(11,22(15,16)17)23(18,19)20;1-4(2)3/h2-5,10-11H,1H3,(H2,12,13,14)(H2,15,16,17)(H2,18,19,20);(H-,1,2,3)/p+1. The smallest absolute Gasteiger partial charge is 0.373 e. The minimum atomic E-state index is -5.74. The van der Waals surface area contributed by atoms with E-state index in [2.05, 4.69) is 0 Å². The molecule has 1 aromatic carbocycles. The third-order valence-corrected chi connectivity index (χ3v) is 8.30. The molecule has 0 spiro atoms. The molecular formula is C9H17O14P4+. The third-order valence-electron chi connectivity index (χ3n) is 3.20. The molecule has 0 aliphatic heterocycles. The maximum atomic E-state index is 11.3. The quantitative estimate of drug-likeness (QED) is 0.233. The van der Waals surface area contributed by atoms with Crippen molar-refractivity contribution in [2.24, 2.45) is 0 Å². The molecule has 1 unspecified atom stereocenters. The fourth-order valence-electron chi connectivity index (χ4n) is 1.68. The SMILES string of the molecule is CC(O)(c1ccc(C(O)(P(=O)(O)O)P(=O)(O)O)cc1)P(=O)(O)O.O=[P+](O)O. The largest absolute Gasteiger partial charge is 0.692 e. The Balaban J connectivity index is 0.00000153. The summed E-state index contributed by atoms with van der Waals surface area (Å²) in [6.45, 7) is 0.779. The van der Waals surface area contributed by atoms with Crippen LogP contribution in [0.4, 0.5) is 0 Å². The molecule has 18 heteroatoms. The lowest BCUT2D eigenvalue weighted by molar-refractivity contribution is 0.108. The Kier molecular flexibility index (Phi) is 8.42. The van der Waals surface area contributed by atoms with Gasteiger partial charge in [0, 0.05) is 10.1 Å². The van der Waals surface area contributed by atoms with Gasteiger partial charge in [-0.25, -0.2) is 0 Å². The van der Waals surface area contributed by atoms with E-state index in [1.165, 1.54) is 0 Å². The summed E-state index contributed by atoms with van der Waals surface area (Å²) in [6.07, 6.45) is 0. The Hall–Kier alpha value is -0.390. The van der Waals surface area contributed by atoms with E-state index in [1.807, 2.05) is 0 Å².